The summed E-state index contributed by atoms with van der Waals surface area (Å²) < 4.78 is 36.6. The minimum atomic E-state index is -4.04. The normalized spacial score (nSPS) is 33.8. The van der Waals surface area contributed by atoms with E-state index in [0.29, 0.717) is 12.6 Å². The van der Waals surface area contributed by atoms with E-state index in [2.05, 4.69) is 4.90 Å². The van der Waals surface area contributed by atoms with E-state index in [1.54, 1.807) is 0 Å². The van der Waals surface area contributed by atoms with Gasteiger partial charge in [-0.05, 0) is 45.2 Å². The van der Waals surface area contributed by atoms with Gasteiger partial charge in [0.2, 0.25) is 0 Å². The van der Waals surface area contributed by atoms with Crippen LogP contribution in [0.4, 0.5) is 13.2 Å². The van der Waals surface area contributed by atoms with Crippen LogP contribution in [-0.4, -0.2) is 41.4 Å². The first-order valence-electron chi connectivity index (χ1n) is 7.46. The molecule has 2 nitrogen and oxygen atoms in total. The maximum Gasteiger partial charge on any atom is 0.389 e. The second-order valence-corrected chi connectivity index (χ2v) is 5.98. The van der Waals surface area contributed by atoms with Crippen LogP contribution in [-0.2, 0) is 0 Å². The van der Waals surface area contributed by atoms with Crippen LogP contribution in [0.15, 0.2) is 0 Å². The monoisotopic (exact) mass is 279 g/mol. The molecule has 5 heteroatoms. The van der Waals surface area contributed by atoms with E-state index in [4.69, 9.17) is 0 Å². The Labute approximate surface area is 113 Å². The molecule has 2 aliphatic rings. The van der Waals surface area contributed by atoms with Crippen molar-refractivity contribution in [2.24, 2.45) is 5.92 Å². The molecule has 1 N–H and O–H groups in total. The molecule has 19 heavy (non-hydrogen) atoms. The maximum atomic E-state index is 12.2. The van der Waals surface area contributed by atoms with Crippen molar-refractivity contribution >= 4 is 0 Å². The Kier molecular flexibility index (Phi) is 5.12. The summed E-state index contributed by atoms with van der Waals surface area (Å²) in [5, 5.41) is 10.1. The molecule has 0 spiro atoms. The molecular formula is C14H24F3NO. The summed E-state index contributed by atoms with van der Waals surface area (Å²) >= 11 is 0. The Bertz CT molecular complexity index is 282. The number of rotatable bonds is 4. The average molecular weight is 279 g/mol. The van der Waals surface area contributed by atoms with E-state index in [-0.39, 0.29) is 18.4 Å². The van der Waals surface area contributed by atoms with E-state index in [1.807, 2.05) is 0 Å². The minimum absolute atomic E-state index is 0.183. The van der Waals surface area contributed by atoms with E-state index in [9.17, 15) is 18.3 Å². The zero-order valence-corrected chi connectivity index (χ0v) is 11.3. The third-order valence-corrected chi connectivity index (χ3v) is 4.60. The van der Waals surface area contributed by atoms with Crippen LogP contribution in [0.3, 0.4) is 0 Å². The summed E-state index contributed by atoms with van der Waals surface area (Å²) in [6, 6.07) is 0.309. The first-order chi connectivity index (χ1) is 8.97. The predicted molar refractivity (Wildman–Crippen MR) is 67.8 cm³/mol. The fourth-order valence-electron chi connectivity index (χ4n) is 3.69. The molecule has 0 amide bonds. The van der Waals surface area contributed by atoms with Crippen molar-refractivity contribution < 1.29 is 18.3 Å². The van der Waals surface area contributed by atoms with Crippen LogP contribution in [0.5, 0.6) is 0 Å². The summed E-state index contributed by atoms with van der Waals surface area (Å²) in [4.78, 5) is 2.19. The molecule has 1 aliphatic heterocycles. The fraction of sp³-hybridized carbons (Fsp3) is 1.00. The second-order valence-electron chi connectivity index (χ2n) is 5.98. The van der Waals surface area contributed by atoms with Gasteiger partial charge in [0.1, 0.15) is 0 Å². The third-order valence-electron chi connectivity index (χ3n) is 4.60. The molecule has 3 unspecified atom stereocenters. The maximum absolute atomic E-state index is 12.2. The number of alkyl halides is 3. The van der Waals surface area contributed by atoms with Gasteiger partial charge in [0, 0.05) is 18.4 Å². The van der Waals surface area contributed by atoms with Crippen molar-refractivity contribution in [2.75, 3.05) is 13.1 Å². The van der Waals surface area contributed by atoms with Gasteiger partial charge in [-0.15, -0.1) is 0 Å². The molecular weight excluding hydrogens is 255 g/mol. The van der Waals surface area contributed by atoms with Gasteiger partial charge in [-0.25, -0.2) is 0 Å². The first kappa shape index (κ1) is 15.1. The van der Waals surface area contributed by atoms with Gasteiger partial charge in [0.15, 0.2) is 0 Å². The zero-order chi connectivity index (χ0) is 13.9. The minimum Gasteiger partial charge on any atom is -0.393 e. The van der Waals surface area contributed by atoms with Crippen LogP contribution in [0.1, 0.15) is 51.4 Å². The summed E-state index contributed by atoms with van der Waals surface area (Å²) in [5.41, 5.74) is 0. The van der Waals surface area contributed by atoms with Crippen molar-refractivity contribution in [3.8, 4) is 0 Å². The Hall–Kier alpha value is -0.290. The number of hydrogen-bond donors (Lipinski definition) is 1. The molecule has 1 aliphatic carbocycles. The van der Waals surface area contributed by atoms with E-state index >= 15 is 0 Å². The number of aliphatic hydroxyl groups is 1. The van der Waals surface area contributed by atoms with Crippen LogP contribution >= 0.6 is 0 Å². The summed E-state index contributed by atoms with van der Waals surface area (Å²) in [5.74, 6) is 0.280. The largest absolute Gasteiger partial charge is 0.393 e. The van der Waals surface area contributed by atoms with Crippen molar-refractivity contribution in [1.82, 2.24) is 4.90 Å². The quantitative estimate of drug-likeness (QED) is 0.853. The molecule has 2 fully saturated rings. The predicted octanol–water partition coefficient (Wildman–Crippen LogP) is 3.34. The Morgan fingerprint density at radius 1 is 1.05 bits per heavy atom. The topological polar surface area (TPSA) is 23.5 Å². The molecule has 0 aromatic rings. The van der Waals surface area contributed by atoms with E-state index in [0.717, 1.165) is 45.1 Å². The summed E-state index contributed by atoms with van der Waals surface area (Å²) in [6.07, 6.45) is 1.41. The van der Waals surface area contributed by atoms with Crippen LogP contribution in [0.2, 0.25) is 0 Å². The highest BCUT2D eigenvalue weighted by atomic mass is 19.4. The highest BCUT2D eigenvalue weighted by Gasteiger charge is 2.37. The van der Waals surface area contributed by atoms with Gasteiger partial charge in [0.25, 0.3) is 0 Å². The molecule has 0 radical (unpaired) electrons. The van der Waals surface area contributed by atoms with Crippen molar-refractivity contribution in [3.63, 3.8) is 0 Å². The fourth-order valence-corrected chi connectivity index (χ4v) is 3.69. The SMILES string of the molecule is OC1CCCCC1C1CCCN1CCCC(F)(F)F. The van der Waals surface area contributed by atoms with Gasteiger partial charge < -0.3 is 10.0 Å². The lowest BCUT2D eigenvalue weighted by Gasteiger charge is -2.37. The number of halogens is 3. The zero-order valence-electron chi connectivity index (χ0n) is 11.3. The summed E-state index contributed by atoms with van der Waals surface area (Å²) in [6.45, 7) is 1.42. The van der Waals surface area contributed by atoms with E-state index in [1.165, 1.54) is 0 Å². The molecule has 1 saturated heterocycles. The molecule has 0 aromatic heterocycles. The lowest BCUT2D eigenvalue weighted by atomic mass is 9.80. The van der Waals surface area contributed by atoms with Gasteiger partial charge in [-0.2, -0.15) is 13.2 Å². The summed E-state index contributed by atoms with van der Waals surface area (Å²) in [7, 11) is 0. The molecule has 3 atom stereocenters. The number of hydrogen-bond acceptors (Lipinski definition) is 2. The van der Waals surface area contributed by atoms with Gasteiger partial charge in [0.05, 0.1) is 6.10 Å². The lowest BCUT2D eigenvalue weighted by molar-refractivity contribution is -0.136. The van der Waals surface area contributed by atoms with Gasteiger partial charge >= 0.3 is 6.18 Å². The van der Waals surface area contributed by atoms with Crippen LogP contribution in [0, 0.1) is 5.92 Å². The van der Waals surface area contributed by atoms with Crippen molar-refractivity contribution in [2.45, 2.75) is 69.7 Å². The van der Waals surface area contributed by atoms with Crippen LogP contribution in [0.25, 0.3) is 0 Å². The average Bonchev–Trinajstić information content (AvgIpc) is 2.76. The number of aliphatic hydroxyl groups excluding tert-OH is 1. The highest BCUT2D eigenvalue weighted by molar-refractivity contribution is 4.90. The molecule has 0 aromatic carbocycles. The van der Waals surface area contributed by atoms with Crippen molar-refractivity contribution in [3.05, 3.63) is 0 Å². The van der Waals surface area contributed by atoms with E-state index < -0.39 is 12.6 Å². The Morgan fingerprint density at radius 3 is 2.47 bits per heavy atom. The van der Waals surface area contributed by atoms with Gasteiger partial charge in [-0.3, -0.25) is 0 Å². The Morgan fingerprint density at radius 2 is 1.79 bits per heavy atom. The number of nitrogens with zero attached hydrogens (tertiary/aromatic N) is 1. The molecule has 1 heterocycles. The van der Waals surface area contributed by atoms with Crippen LogP contribution < -0.4 is 0 Å². The third kappa shape index (κ3) is 4.35. The molecule has 112 valence electrons. The number of likely N-dealkylation sites (tertiary alicyclic amines) is 1. The smallest absolute Gasteiger partial charge is 0.389 e. The molecule has 1 saturated carbocycles. The Balaban J connectivity index is 1.82. The first-order valence-corrected chi connectivity index (χ1v) is 7.46. The van der Waals surface area contributed by atoms with Gasteiger partial charge in [-0.1, -0.05) is 12.8 Å². The molecule has 2 rings (SSSR count). The second kappa shape index (κ2) is 6.44. The standard InChI is InChI=1S/C14H24F3NO/c15-14(16,17)8-4-10-18-9-3-6-12(18)11-5-1-2-7-13(11)19/h11-13,19H,1-10H2. The lowest BCUT2D eigenvalue weighted by Crippen LogP contribution is -2.43. The van der Waals surface area contributed by atoms with Crippen molar-refractivity contribution in [1.29, 1.82) is 0 Å². The molecule has 0 bridgehead atoms. The highest BCUT2D eigenvalue weighted by Crippen LogP contribution is 2.35.